The SMILES string of the molecule is NC(COCc1ccccc1)c1cnccn1. The van der Waals surface area contributed by atoms with Crippen LogP contribution in [0.1, 0.15) is 17.3 Å². The molecule has 2 rings (SSSR count). The second kappa shape index (κ2) is 6.08. The Kier molecular flexibility index (Phi) is 4.18. The molecule has 0 radical (unpaired) electrons. The van der Waals surface area contributed by atoms with Gasteiger partial charge < -0.3 is 10.5 Å². The smallest absolute Gasteiger partial charge is 0.0777 e. The van der Waals surface area contributed by atoms with E-state index in [-0.39, 0.29) is 6.04 Å². The van der Waals surface area contributed by atoms with Gasteiger partial charge in [-0.05, 0) is 5.56 Å². The second-order valence-corrected chi connectivity index (χ2v) is 3.74. The van der Waals surface area contributed by atoms with Crippen LogP contribution in [0.2, 0.25) is 0 Å². The molecule has 0 amide bonds. The quantitative estimate of drug-likeness (QED) is 0.847. The van der Waals surface area contributed by atoms with Gasteiger partial charge in [0.15, 0.2) is 0 Å². The Labute approximate surface area is 100 Å². The third-order valence-electron chi connectivity index (χ3n) is 2.37. The number of nitrogens with zero attached hydrogens (tertiary/aromatic N) is 2. The van der Waals surface area contributed by atoms with Gasteiger partial charge in [0.25, 0.3) is 0 Å². The lowest BCUT2D eigenvalue weighted by atomic mass is 10.2. The summed E-state index contributed by atoms with van der Waals surface area (Å²) in [6.45, 7) is 1.00. The van der Waals surface area contributed by atoms with Crippen molar-refractivity contribution in [3.63, 3.8) is 0 Å². The number of hydrogen-bond donors (Lipinski definition) is 1. The zero-order valence-corrected chi connectivity index (χ0v) is 9.49. The average Bonchev–Trinajstić information content (AvgIpc) is 2.41. The number of nitrogens with two attached hydrogens (primary N) is 1. The highest BCUT2D eigenvalue weighted by atomic mass is 16.5. The van der Waals surface area contributed by atoms with Gasteiger partial charge in [0, 0.05) is 12.4 Å². The maximum Gasteiger partial charge on any atom is 0.0777 e. The predicted octanol–water partition coefficient (Wildman–Crippen LogP) is 1.69. The minimum absolute atomic E-state index is 0.229. The minimum Gasteiger partial charge on any atom is -0.375 e. The third-order valence-corrected chi connectivity index (χ3v) is 2.37. The molecule has 1 aromatic heterocycles. The fourth-order valence-corrected chi connectivity index (χ4v) is 1.47. The zero-order valence-electron chi connectivity index (χ0n) is 9.49. The number of rotatable bonds is 5. The van der Waals surface area contributed by atoms with Crippen LogP contribution in [0.3, 0.4) is 0 Å². The molecule has 0 spiro atoms. The molecule has 4 heteroatoms. The van der Waals surface area contributed by atoms with Crippen molar-refractivity contribution in [1.29, 1.82) is 0 Å². The summed E-state index contributed by atoms with van der Waals surface area (Å²) in [6.07, 6.45) is 4.92. The normalized spacial score (nSPS) is 12.3. The van der Waals surface area contributed by atoms with Gasteiger partial charge in [0.05, 0.1) is 31.1 Å². The molecule has 0 saturated heterocycles. The molecule has 0 saturated carbocycles. The fourth-order valence-electron chi connectivity index (χ4n) is 1.47. The van der Waals surface area contributed by atoms with E-state index in [0.29, 0.717) is 13.2 Å². The minimum atomic E-state index is -0.229. The topological polar surface area (TPSA) is 61.0 Å². The molecule has 88 valence electrons. The van der Waals surface area contributed by atoms with E-state index in [9.17, 15) is 0 Å². The molecule has 2 N–H and O–H groups in total. The molecule has 0 aliphatic carbocycles. The number of benzene rings is 1. The Balaban J connectivity index is 1.79. The molecule has 1 unspecified atom stereocenters. The lowest BCUT2D eigenvalue weighted by molar-refractivity contribution is 0.107. The molecular formula is C13H15N3O. The van der Waals surface area contributed by atoms with Gasteiger partial charge in [0.1, 0.15) is 0 Å². The van der Waals surface area contributed by atoms with E-state index in [1.807, 2.05) is 30.3 Å². The monoisotopic (exact) mass is 229 g/mol. The van der Waals surface area contributed by atoms with Crippen LogP contribution in [0, 0.1) is 0 Å². The Morgan fingerprint density at radius 3 is 2.71 bits per heavy atom. The predicted molar refractivity (Wildman–Crippen MR) is 65.1 cm³/mol. The number of hydrogen-bond acceptors (Lipinski definition) is 4. The van der Waals surface area contributed by atoms with Gasteiger partial charge in [0.2, 0.25) is 0 Å². The highest BCUT2D eigenvalue weighted by molar-refractivity contribution is 5.13. The van der Waals surface area contributed by atoms with Gasteiger partial charge in [-0.1, -0.05) is 30.3 Å². The molecule has 1 heterocycles. The molecule has 0 aliphatic heterocycles. The molecule has 0 fully saturated rings. The van der Waals surface area contributed by atoms with Crippen molar-refractivity contribution in [2.75, 3.05) is 6.61 Å². The molecule has 17 heavy (non-hydrogen) atoms. The van der Waals surface area contributed by atoms with Crippen molar-refractivity contribution < 1.29 is 4.74 Å². The second-order valence-electron chi connectivity index (χ2n) is 3.74. The van der Waals surface area contributed by atoms with E-state index in [4.69, 9.17) is 10.5 Å². The van der Waals surface area contributed by atoms with Gasteiger partial charge in [-0.25, -0.2) is 0 Å². The van der Waals surface area contributed by atoms with Crippen molar-refractivity contribution in [1.82, 2.24) is 9.97 Å². The van der Waals surface area contributed by atoms with E-state index in [2.05, 4.69) is 9.97 Å². The summed E-state index contributed by atoms with van der Waals surface area (Å²) in [6, 6.07) is 9.77. The molecule has 1 atom stereocenters. The largest absolute Gasteiger partial charge is 0.375 e. The van der Waals surface area contributed by atoms with E-state index < -0.39 is 0 Å². The van der Waals surface area contributed by atoms with Crippen molar-refractivity contribution in [3.8, 4) is 0 Å². The maximum absolute atomic E-state index is 5.93. The summed E-state index contributed by atoms with van der Waals surface area (Å²) < 4.78 is 5.54. The van der Waals surface area contributed by atoms with Crippen molar-refractivity contribution in [2.45, 2.75) is 12.6 Å². The summed E-state index contributed by atoms with van der Waals surface area (Å²) >= 11 is 0. The Bertz CT molecular complexity index is 433. The fraction of sp³-hybridized carbons (Fsp3) is 0.231. The van der Waals surface area contributed by atoms with Crippen LogP contribution >= 0.6 is 0 Å². The Morgan fingerprint density at radius 2 is 2.00 bits per heavy atom. The molecule has 1 aromatic carbocycles. The zero-order chi connectivity index (χ0) is 11.9. The van der Waals surface area contributed by atoms with Gasteiger partial charge in [-0.2, -0.15) is 0 Å². The first-order chi connectivity index (χ1) is 8.36. The first-order valence-electron chi connectivity index (χ1n) is 5.49. The number of ether oxygens (including phenoxy) is 1. The molecule has 4 nitrogen and oxygen atoms in total. The first kappa shape index (κ1) is 11.7. The highest BCUT2D eigenvalue weighted by Gasteiger charge is 2.07. The molecular weight excluding hydrogens is 214 g/mol. The van der Waals surface area contributed by atoms with Crippen molar-refractivity contribution in [2.24, 2.45) is 5.73 Å². The van der Waals surface area contributed by atoms with Crippen molar-refractivity contribution >= 4 is 0 Å². The highest BCUT2D eigenvalue weighted by Crippen LogP contribution is 2.07. The lowest BCUT2D eigenvalue weighted by Gasteiger charge is -2.11. The van der Waals surface area contributed by atoms with Crippen LogP contribution in [0.5, 0.6) is 0 Å². The van der Waals surface area contributed by atoms with Crippen LogP contribution in [0.4, 0.5) is 0 Å². The summed E-state index contributed by atoms with van der Waals surface area (Å²) in [5, 5.41) is 0. The standard InChI is InChI=1S/C13H15N3O/c14-12(13-8-15-6-7-16-13)10-17-9-11-4-2-1-3-5-11/h1-8,12H,9-10,14H2. The van der Waals surface area contributed by atoms with Gasteiger partial charge in [-0.15, -0.1) is 0 Å². The summed E-state index contributed by atoms with van der Waals surface area (Å²) in [4.78, 5) is 8.11. The van der Waals surface area contributed by atoms with Crippen LogP contribution < -0.4 is 5.73 Å². The van der Waals surface area contributed by atoms with Crippen LogP contribution in [-0.4, -0.2) is 16.6 Å². The first-order valence-corrected chi connectivity index (χ1v) is 5.49. The van der Waals surface area contributed by atoms with Crippen molar-refractivity contribution in [3.05, 3.63) is 60.2 Å². The summed E-state index contributed by atoms with van der Waals surface area (Å²) in [7, 11) is 0. The van der Waals surface area contributed by atoms with E-state index in [1.165, 1.54) is 0 Å². The van der Waals surface area contributed by atoms with E-state index >= 15 is 0 Å². The molecule has 0 bridgehead atoms. The molecule has 0 aliphatic rings. The van der Waals surface area contributed by atoms with Crippen LogP contribution in [-0.2, 0) is 11.3 Å². The van der Waals surface area contributed by atoms with Gasteiger partial charge in [-0.3, -0.25) is 9.97 Å². The van der Waals surface area contributed by atoms with Crippen LogP contribution in [0.25, 0.3) is 0 Å². The summed E-state index contributed by atoms with van der Waals surface area (Å²) in [5.41, 5.74) is 7.82. The van der Waals surface area contributed by atoms with Gasteiger partial charge >= 0.3 is 0 Å². The average molecular weight is 229 g/mol. The van der Waals surface area contributed by atoms with E-state index in [0.717, 1.165) is 11.3 Å². The van der Waals surface area contributed by atoms with E-state index in [1.54, 1.807) is 18.6 Å². The Morgan fingerprint density at radius 1 is 1.18 bits per heavy atom. The van der Waals surface area contributed by atoms with Crippen LogP contribution in [0.15, 0.2) is 48.9 Å². The Hall–Kier alpha value is -1.78. The lowest BCUT2D eigenvalue weighted by Crippen LogP contribution is -2.18. The number of aromatic nitrogens is 2. The molecule has 2 aromatic rings. The summed E-state index contributed by atoms with van der Waals surface area (Å²) in [5.74, 6) is 0. The maximum atomic E-state index is 5.93. The third kappa shape index (κ3) is 3.62.